The van der Waals surface area contributed by atoms with E-state index < -0.39 is 0 Å². The van der Waals surface area contributed by atoms with Crippen molar-refractivity contribution in [2.24, 2.45) is 0 Å². The zero-order valence-electron chi connectivity index (χ0n) is 16.4. The molecule has 0 saturated heterocycles. The third-order valence-corrected chi connectivity index (χ3v) is 5.97. The average molecular weight is 420 g/mol. The van der Waals surface area contributed by atoms with E-state index in [1.54, 1.807) is 24.0 Å². The Hall–Kier alpha value is -1.99. The maximum absolute atomic E-state index is 12.6. The molecule has 1 amide bonds. The zero-order valence-corrected chi connectivity index (χ0v) is 18.0. The summed E-state index contributed by atoms with van der Waals surface area (Å²) in [6.07, 6.45) is 7.49. The first kappa shape index (κ1) is 20.7. The van der Waals surface area contributed by atoms with Gasteiger partial charge in [-0.3, -0.25) is 4.79 Å². The van der Waals surface area contributed by atoms with Gasteiger partial charge in [-0.25, -0.2) is 4.98 Å². The summed E-state index contributed by atoms with van der Waals surface area (Å²) < 4.78 is 0. The number of rotatable bonds is 6. The maximum Gasteiger partial charge on any atom is 0.253 e. The predicted molar refractivity (Wildman–Crippen MR) is 117 cm³/mol. The Balaban J connectivity index is 1.53. The highest BCUT2D eigenvalue weighted by molar-refractivity contribution is 7.98. The molecule has 2 aromatic rings. The smallest absolute Gasteiger partial charge is 0.253 e. The van der Waals surface area contributed by atoms with E-state index in [9.17, 15) is 4.79 Å². The van der Waals surface area contributed by atoms with E-state index in [0.717, 1.165) is 36.4 Å². The van der Waals surface area contributed by atoms with Crippen molar-refractivity contribution in [3.63, 3.8) is 0 Å². The minimum absolute atomic E-state index is 0.0978. The van der Waals surface area contributed by atoms with E-state index in [2.05, 4.69) is 20.6 Å². The summed E-state index contributed by atoms with van der Waals surface area (Å²) in [5.41, 5.74) is 0.544. The third-order valence-electron chi connectivity index (χ3n) is 4.91. The molecule has 2 N–H and O–H groups in total. The summed E-state index contributed by atoms with van der Waals surface area (Å²) in [4.78, 5) is 24.4. The number of carbonyl (C=O) groups is 1. The molecule has 0 unspecified atom stereocenters. The second kappa shape index (κ2) is 9.47. The van der Waals surface area contributed by atoms with Crippen molar-refractivity contribution in [2.45, 2.75) is 42.7 Å². The number of benzene rings is 1. The Kier molecular flexibility index (Phi) is 7.02. The van der Waals surface area contributed by atoms with Gasteiger partial charge in [0, 0.05) is 37.3 Å². The van der Waals surface area contributed by atoms with Crippen LogP contribution in [0, 0.1) is 0 Å². The maximum atomic E-state index is 12.6. The molecule has 0 radical (unpaired) electrons. The molecule has 3 rings (SSSR count). The molecular weight excluding hydrogens is 394 g/mol. The van der Waals surface area contributed by atoms with E-state index in [4.69, 9.17) is 11.6 Å². The first-order valence-electron chi connectivity index (χ1n) is 9.37. The van der Waals surface area contributed by atoms with Crippen LogP contribution in [0.5, 0.6) is 0 Å². The van der Waals surface area contributed by atoms with E-state index in [-0.39, 0.29) is 11.9 Å². The number of anilines is 2. The van der Waals surface area contributed by atoms with E-state index in [1.165, 1.54) is 0 Å². The number of halogens is 1. The first-order valence-corrected chi connectivity index (χ1v) is 11.0. The van der Waals surface area contributed by atoms with Gasteiger partial charge in [-0.05, 0) is 56.2 Å². The molecule has 0 bridgehead atoms. The van der Waals surface area contributed by atoms with Gasteiger partial charge in [-0.2, -0.15) is 4.98 Å². The number of thioether (sulfide) groups is 1. The van der Waals surface area contributed by atoms with Crippen LogP contribution in [0.4, 0.5) is 11.8 Å². The first-order chi connectivity index (χ1) is 13.5. The highest BCUT2D eigenvalue weighted by Crippen LogP contribution is 2.25. The summed E-state index contributed by atoms with van der Waals surface area (Å²) in [7, 11) is 3.92. The number of carbonyl (C=O) groups excluding carboxylic acids is 1. The van der Waals surface area contributed by atoms with Gasteiger partial charge in [-0.15, -0.1) is 11.8 Å². The Labute approximate surface area is 175 Å². The summed E-state index contributed by atoms with van der Waals surface area (Å²) in [5.74, 6) is 1.43. The molecule has 0 atom stereocenters. The summed E-state index contributed by atoms with van der Waals surface area (Å²) in [6, 6.07) is 7.92. The average Bonchev–Trinajstić information content (AvgIpc) is 2.70. The molecule has 1 heterocycles. The monoisotopic (exact) mass is 419 g/mol. The van der Waals surface area contributed by atoms with Crippen LogP contribution in [-0.2, 0) is 0 Å². The van der Waals surface area contributed by atoms with Crippen molar-refractivity contribution in [2.75, 3.05) is 30.6 Å². The topological polar surface area (TPSA) is 70.2 Å². The summed E-state index contributed by atoms with van der Waals surface area (Å²) in [5, 5.41) is 7.05. The van der Waals surface area contributed by atoms with Gasteiger partial charge in [-0.1, -0.05) is 11.6 Å². The standard InChI is InChI=1S/C20H26ClN5OS/c1-26(2)18-10-11-22-20(25-18)24-14-6-4-13(5-7-14)23-19(27)16-12-15(28-3)8-9-17(16)21/h8-14H,4-7H2,1-3H3,(H,23,27)(H,22,24,25)/t13-,14+. The van der Waals surface area contributed by atoms with Crippen LogP contribution < -0.4 is 15.5 Å². The largest absolute Gasteiger partial charge is 0.363 e. The van der Waals surface area contributed by atoms with Gasteiger partial charge in [0.25, 0.3) is 5.91 Å². The van der Waals surface area contributed by atoms with Crippen LogP contribution in [0.3, 0.4) is 0 Å². The Morgan fingerprint density at radius 3 is 2.57 bits per heavy atom. The number of hydrogen-bond donors (Lipinski definition) is 2. The van der Waals surface area contributed by atoms with Crippen LogP contribution in [0.25, 0.3) is 0 Å². The van der Waals surface area contributed by atoms with Gasteiger partial charge in [0.15, 0.2) is 0 Å². The van der Waals surface area contributed by atoms with Gasteiger partial charge < -0.3 is 15.5 Å². The molecule has 1 aliphatic rings. The van der Waals surface area contributed by atoms with Crippen molar-refractivity contribution < 1.29 is 4.79 Å². The number of amides is 1. The summed E-state index contributed by atoms with van der Waals surface area (Å²) in [6.45, 7) is 0. The van der Waals surface area contributed by atoms with Crippen molar-refractivity contribution in [1.29, 1.82) is 0 Å². The van der Waals surface area contributed by atoms with Gasteiger partial charge in [0.2, 0.25) is 5.95 Å². The zero-order chi connectivity index (χ0) is 20.1. The van der Waals surface area contributed by atoms with Crippen LogP contribution in [-0.4, -0.2) is 48.3 Å². The molecule has 0 spiro atoms. The Morgan fingerprint density at radius 1 is 1.18 bits per heavy atom. The highest BCUT2D eigenvalue weighted by Gasteiger charge is 2.24. The van der Waals surface area contributed by atoms with Crippen LogP contribution in [0.15, 0.2) is 35.4 Å². The number of hydrogen-bond acceptors (Lipinski definition) is 6. The number of nitrogens with one attached hydrogen (secondary N) is 2. The molecule has 1 aliphatic carbocycles. The lowest BCUT2D eigenvalue weighted by Gasteiger charge is -2.30. The predicted octanol–water partition coefficient (Wildman–Crippen LogP) is 4.07. The fourth-order valence-corrected chi connectivity index (χ4v) is 3.94. The second-order valence-corrected chi connectivity index (χ2v) is 8.43. The van der Waals surface area contributed by atoms with Crippen LogP contribution in [0.1, 0.15) is 36.0 Å². The fraction of sp³-hybridized carbons (Fsp3) is 0.450. The van der Waals surface area contributed by atoms with Gasteiger partial charge in [0.05, 0.1) is 10.6 Å². The van der Waals surface area contributed by atoms with Gasteiger partial charge in [0.1, 0.15) is 5.82 Å². The Bertz CT molecular complexity index is 824. The lowest BCUT2D eigenvalue weighted by Crippen LogP contribution is -2.40. The number of aromatic nitrogens is 2. The molecular formula is C20H26ClN5OS. The minimum atomic E-state index is -0.0978. The Morgan fingerprint density at radius 2 is 1.89 bits per heavy atom. The lowest BCUT2D eigenvalue weighted by molar-refractivity contribution is 0.0926. The molecule has 6 nitrogen and oxygen atoms in total. The molecule has 0 aliphatic heterocycles. The van der Waals surface area contributed by atoms with Crippen molar-refractivity contribution in [1.82, 2.24) is 15.3 Å². The van der Waals surface area contributed by atoms with E-state index in [1.807, 2.05) is 43.5 Å². The molecule has 1 aromatic carbocycles. The second-order valence-electron chi connectivity index (χ2n) is 7.14. The van der Waals surface area contributed by atoms with Crippen molar-refractivity contribution >= 4 is 41.0 Å². The fourth-order valence-electron chi connectivity index (χ4n) is 3.30. The van der Waals surface area contributed by atoms with Crippen molar-refractivity contribution in [3.05, 3.63) is 41.0 Å². The number of nitrogens with zero attached hydrogens (tertiary/aromatic N) is 3. The normalized spacial score (nSPS) is 19.1. The summed E-state index contributed by atoms with van der Waals surface area (Å²) >= 11 is 7.81. The quantitative estimate of drug-likeness (QED) is 0.688. The van der Waals surface area contributed by atoms with Gasteiger partial charge >= 0.3 is 0 Å². The molecule has 1 fully saturated rings. The highest BCUT2D eigenvalue weighted by atomic mass is 35.5. The van der Waals surface area contributed by atoms with E-state index in [0.29, 0.717) is 22.6 Å². The van der Waals surface area contributed by atoms with E-state index >= 15 is 0 Å². The molecule has 150 valence electrons. The minimum Gasteiger partial charge on any atom is -0.363 e. The lowest BCUT2D eigenvalue weighted by atomic mass is 9.91. The van der Waals surface area contributed by atoms with Crippen LogP contribution >= 0.6 is 23.4 Å². The molecule has 8 heteroatoms. The van der Waals surface area contributed by atoms with Crippen molar-refractivity contribution in [3.8, 4) is 0 Å². The SMILES string of the molecule is CSc1ccc(Cl)c(C(=O)N[C@H]2CC[C@@H](Nc3nccc(N(C)C)n3)CC2)c1. The van der Waals surface area contributed by atoms with Crippen LogP contribution in [0.2, 0.25) is 5.02 Å². The molecule has 28 heavy (non-hydrogen) atoms. The molecule has 1 aromatic heterocycles. The molecule has 1 saturated carbocycles. The third kappa shape index (κ3) is 5.29.